The first-order valence-corrected chi connectivity index (χ1v) is 13.3. The largest absolute Gasteiger partial charge is 0.299 e. The van der Waals surface area contributed by atoms with Crippen LogP contribution in [0.25, 0.3) is 0 Å². The van der Waals surface area contributed by atoms with Crippen molar-refractivity contribution < 1.29 is 13.2 Å². The zero-order valence-electron chi connectivity index (χ0n) is 17.0. The first-order chi connectivity index (χ1) is 13.9. The van der Waals surface area contributed by atoms with Crippen molar-refractivity contribution in [3.63, 3.8) is 0 Å². The second-order valence-electron chi connectivity index (χ2n) is 6.72. The monoisotopic (exact) mass is 456 g/mol. The summed E-state index contributed by atoms with van der Waals surface area (Å²) in [4.78, 5) is 12.9. The summed E-state index contributed by atoms with van der Waals surface area (Å²) in [7, 11) is -3.81. The fourth-order valence-electron chi connectivity index (χ4n) is 2.58. The Hall–Kier alpha value is -1.49. The molecule has 2 aromatic rings. The van der Waals surface area contributed by atoms with E-state index in [1.54, 1.807) is 23.9 Å². The average Bonchev–Trinajstić information content (AvgIpc) is 3.12. The summed E-state index contributed by atoms with van der Waals surface area (Å²) in [5, 5.41) is 12.1. The Morgan fingerprint density at radius 3 is 2.59 bits per heavy atom. The maximum Gasteiger partial charge on any atom is 0.244 e. The van der Waals surface area contributed by atoms with Crippen LogP contribution in [0, 0.1) is 6.92 Å². The number of unbranched alkanes of at least 4 members (excludes halogenated alkanes) is 2. The zero-order valence-corrected chi connectivity index (χ0v) is 19.4. The minimum Gasteiger partial charge on any atom is -0.299 e. The molecule has 1 amide bonds. The minimum absolute atomic E-state index is 0.138. The number of sulfonamides is 1. The molecular weight excluding hydrogens is 428 g/mol. The summed E-state index contributed by atoms with van der Waals surface area (Å²) in [6.45, 7) is 4.02. The van der Waals surface area contributed by atoms with Crippen LogP contribution in [-0.4, -0.2) is 42.6 Å². The molecule has 1 aromatic heterocycles. The first kappa shape index (κ1) is 23.8. The van der Waals surface area contributed by atoms with Gasteiger partial charge in [-0.3, -0.25) is 10.1 Å². The van der Waals surface area contributed by atoms with Crippen LogP contribution in [-0.2, 0) is 21.2 Å². The number of hydrogen-bond acceptors (Lipinski definition) is 7. The van der Waals surface area contributed by atoms with Crippen molar-refractivity contribution in [2.75, 3.05) is 17.3 Å². The fourth-order valence-corrected chi connectivity index (χ4v) is 5.06. The number of benzene rings is 1. The van der Waals surface area contributed by atoms with Crippen molar-refractivity contribution >= 4 is 44.2 Å². The van der Waals surface area contributed by atoms with E-state index in [-0.39, 0.29) is 4.90 Å². The summed E-state index contributed by atoms with van der Waals surface area (Å²) in [5.74, 6) is 0.221. The number of nitrogens with one attached hydrogen (secondary N) is 2. The molecule has 0 bridgehead atoms. The van der Waals surface area contributed by atoms with Crippen molar-refractivity contribution in [3.8, 4) is 0 Å². The van der Waals surface area contributed by atoms with E-state index in [4.69, 9.17) is 0 Å². The Balaban J connectivity index is 2.06. The van der Waals surface area contributed by atoms with Gasteiger partial charge in [0.2, 0.25) is 21.1 Å². The van der Waals surface area contributed by atoms with Crippen LogP contribution in [0.1, 0.15) is 43.2 Å². The summed E-state index contributed by atoms with van der Waals surface area (Å²) < 4.78 is 27.9. The lowest BCUT2D eigenvalue weighted by molar-refractivity contribution is -0.117. The first-order valence-electron chi connectivity index (χ1n) is 9.57. The van der Waals surface area contributed by atoms with Crippen LogP contribution in [0.3, 0.4) is 0 Å². The molecule has 7 nitrogen and oxygen atoms in total. The van der Waals surface area contributed by atoms with Crippen LogP contribution in [0.15, 0.2) is 29.2 Å². The number of carbonyl (C=O) groups is 1. The molecule has 1 unspecified atom stereocenters. The number of anilines is 1. The third kappa shape index (κ3) is 7.69. The SMILES string of the molecule is CCCCCc1nnc(NC(=O)C(CCSC)NS(=O)(=O)c2ccc(C)cc2)s1. The van der Waals surface area contributed by atoms with E-state index in [9.17, 15) is 13.2 Å². The van der Waals surface area contributed by atoms with Gasteiger partial charge in [0.25, 0.3) is 0 Å². The highest BCUT2D eigenvalue weighted by Gasteiger charge is 2.26. The fraction of sp³-hybridized carbons (Fsp3) is 0.526. The topological polar surface area (TPSA) is 101 Å². The number of aryl methyl sites for hydroxylation is 2. The molecule has 0 aliphatic heterocycles. The Bertz CT molecular complexity index is 882. The molecule has 2 N–H and O–H groups in total. The highest BCUT2D eigenvalue weighted by Crippen LogP contribution is 2.19. The maximum absolute atomic E-state index is 12.7. The van der Waals surface area contributed by atoms with Gasteiger partial charge in [-0.05, 0) is 43.9 Å². The molecule has 0 saturated heterocycles. The van der Waals surface area contributed by atoms with Gasteiger partial charge in [0.1, 0.15) is 11.0 Å². The van der Waals surface area contributed by atoms with Crippen molar-refractivity contribution in [1.29, 1.82) is 0 Å². The quantitative estimate of drug-likeness (QED) is 0.473. The summed E-state index contributed by atoms with van der Waals surface area (Å²) in [5.41, 5.74) is 0.964. The van der Waals surface area contributed by atoms with Gasteiger partial charge in [0, 0.05) is 6.42 Å². The molecule has 1 aromatic carbocycles. The molecule has 2 rings (SSSR count). The van der Waals surface area contributed by atoms with Gasteiger partial charge < -0.3 is 0 Å². The molecule has 1 heterocycles. The number of aromatic nitrogens is 2. The summed E-state index contributed by atoms with van der Waals surface area (Å²) in [6.07, 6.45) is 6.40. The minimum atomic E-state index is -3.81. The summed E-state index contributed by atoms with van der Waals surface area (Å²) in [6, 6.07) is 5.64. The third-order valence-electron chi connectivity index (χ3n) is 4.25. The van der Waals surface area contributed by atoms with Gasteiger partial charge in [0.05, 0.1) is 4.90 Å². The molecule has 0 spiro atoms. The number of thioether (sulfide) groups is 1. The van der Waals surface area contributed by atoms with E-state index in [2.05, 4.69) is 27.2 Å². The molecule has 0 saturated carbocycles. The molecular formula is C19H28N4O3S3. The van der Waals surface area contributed by atoms with Gasteiger partial charge in [-0.25, -0.2) is 8.42 Å². The third-order valence-corrected chi connectivity index (χ3v) is 7.28. The van der Waals surface area contributed by atoms with Crippen molar-refractivity contribution in [2.24, 2.45) is 0 Å². The highest BCUT2D eigenvalue weighted by molar-refractivity contribution is 7.98. The van der Waals surface area contributed by atoms with Gasteiger partial charge in [-0.15, -0.1) is 10.2 Å². The van der Waals surface area contributed by atoms with E-state index < -0.39 is 22.0 Å². The molecule has 29 heavy (non-hydrogen) atoms. The Kier molecular flexibility index (Phi) is 9.54. The lowest BCUT2D eigenvalue weighted by Crippen LogP contribution is -2.44. The summed E-state index contributed by atoms with van der Waals surface area (Å²) >= 11 is 2.88. The van der Waals surface area contributed by atoms with Crippen molar-refractivity contribution in [1.82, 2.24) is 14.9 Å². The second kappa shape index (κ2) is 11.6. The average molecular weight is 457 g/mol. The van der Waals surface area contributed by atoms with Crippen LogP contribution in [0.4, 0.5) is 5.13 Å². The van der Waals surface area contributed by atoms with E-state index in [0.717, 1.165) is 36.3 Å². The van der Waals surface area contributed by atoms with Gasteiger partial charge in [-0.2, -0.15) is 16.5 Å². The van der Waals surface area contributed by atoms with Crippen molar-refractivity contribution in [2.45, 2.75) is 56.9 Å². The number of nitrogens with zero attached hydrogens (tertiary/aromatic N) is 2. The smallest absolute Gasteiger partial charge is 0.244 e. The molecule has 0 aliphatic carbocycles. The van der Waals surface area contributed by atoms with Crippen LogP contribution in [0.2, 0.25) is 0 Å². The normalized spacial score (nSPS) is 12.7. The molecule has 160 valence electrons. The van der Waals surface area contributed by atoms with Gasteiger partial charge in [-0.1, -0.05) is 48.8 Å². The van der Waals surface area contributed by atoms with E-state index in [0.29, 0.717) is 17.3 Å². The molecule has 10 heteroatoms. The molecule has 0 fully saturated rings. The zero-order chi connectivity index (χ0) is 21.3. The highest BCUT2D eigenvalue weighted by atomic mass is 32.2. The Morgan fingerprint density at radius 2 is 1.93 bits per heavy atom. The maximum atomic E-state index is 12.7. The predicted octanol–water partition coefficient (Wildman–Crippen LogP) is 3.62. The predicted molar refractivity (Wildman–Crippen MR) is 120 cm³/mol. The number of hydrogen-bond donors (Lipinski definition) is 2. The lowest BCUT2D eigenvalue weighted by atomic mass is 10.2. The standard InChI is InChI=1S/C19H28N4O3S3/c1-4-5-6-7-17-21-22-19(28-17)20-18(24)16(12-13-27-3)23-29(25,26)15-10-8-14(2)9-11-15/h8-11,16,23H,4-7,12-13H2,1-3H3,(H,20,22,24). The van der Waals surface area contributed by atoms with Crippen LogP contribution >= 0.6 is 23.1 Å². The molecule has 1 atom stereocenters. The molecule has 0 radical (unpaired) electrons. The Morgan fingerprint density at radius 1 is 1.21 bits per heavy atom. The number of carbonyl (C=O) groups excluding carboxylic acids is 1. The van der Waals surface area contributed by atoms with Gasteiger partial charge in [0.15, 0.2) is 0 Å². The number of rotatable bonds is 12. The second-order valence-corrected chi connectivity index (χ2v) is 10.5. The van der Waals surface area contributed by atoms with Crippen LogP contribution in [0.5, 0.6) is 0 Å². The lowest BCUT2D eigenvalue weighted by Gasteiger charge is -2.17. The van der Waals surface area contributed by atoms with E-state index >= 15 is 0 Å². The van der Waals surface area contributed by atoms with E-state index in [1.165, 1.54) is 23.5 Å². The van der Waals surface area contributed by atoms with E-state index in [1.807, 2.05) is 13.2 Å². The molecule has 0 aliphatic rings. The van der Waals surface area contributed by atoms with Crippen LogP contribution < -0.4 is 10.0 Å². The number of amides is 1. The Labute approximate surface area is 181 Å². The van der Waals surface area contributed by atoms with Crippen molar-refractivity contribution in [3.05, 3.63) is 34.8 Å². The van der Waals surface area contributed by atoms with Gasteiger partial charge >= 0.3 is 0 Å².